The number of carbonyl (C=O) groups excluding carboxylic acids is 3. The molecule has 0 bridgehead atoms. The normalized spacial score (nSPS) is 12.6. The van der Waals surface area contributed by atoms with Gasteiger partial charge in [-0.2, -0.15) is 0 Å². The molecule has 8 heteroatoms. The zero-order valence-electron chi connectivity index (χ0n) is 17.1. The summed E-state index contributed by atoms with van der Waals surface area (Å²) in [7, 11) is 0. The van der Waals surface area contributed by atoms with Crippen molar-refractivity contribution < 1.29 is 28.2 Å². The zero-order chi connectivity index (χ0) is 22.1. The maximum atomic E-state index is 12.9. The lowest BCUT2D eigenvalue weighted by Gasteiger charge is -2.23. The van der Waals surface area contributed by atoms with Crippen molar-refractivity contribution in [1.29, 1.82) is 0 Å². The number of halogens is 1. The van der Waals surface area contributed by atoms with Crippen LogP contribution >= 0.6 is 0 Å². The molecule has 7 nitrogen and oxygen atoms in total. The molecular formula is C22H25FN2O5. The van der Waals surface area contributed by atoms with Crippen LogP contribution in [0, 0.1) is 11.7 Å². The SMILES string of the molecule is CC(C)[C@H](NC(=O)COc1ccccc1)C(=O)O[C@@H](C)C(=O)Nc1ccc(F)cc1. The van der Waals surface area contributed by atoms with Crippen LogP contribution in [0.3, 0.4) is 0 Å². The summed E-state index contributed by atoms with van der Waals surface area (Å²) in [6.45, 7) is 4.64. The number of esters is 1. The van der Waals surface area contributed by atoms with Crippen molar-refractivity contribution in [1.82, 2.24) is 5.32 Å². The third-order valence-electron chi connectivity index (χ3n) is 4.12. The van der Waals surface area contributed by atoms with Gasteiger partial charge in [0.05, 0.1) is 0 Å². The van der Waals surface area contributed by atoms with Crippen molar-refractivity contribution in [3.05, 3.63) is 60.4 Å². The van der Waals surface area contributed by atoms with Crippen molar-refractivity contribution in [2.75, 3.05) is 11.9 Å². The molecule has 0 heterocycles. The molecule has 0 saturated carbocycles. The second-order valence-electron chi connectivity index (χ2n) is 6.97. The van der Waals surface area contributed by atoms with Crippen LogP contribution in [0.25, 0.3) is 0 Å². The van der Waals surface area contributed by atoms with E-state index in [4.69, 9.17) is 9.47 Å². The second-order valence-corrected chi connectivity index (χ2v) is 6.97. The summed E-state index contributed by atoms with van der Waals surface area (Å²) >= 11 is 0. The Kier molecular flexibility index (Phi) is 8.34. The van der Waals surface area contributed by atoms with E-state index in [-0.39, 0.29) is 12.5 Å². The Labute approximate surface area is 174 Å². The van der Waals surface area contributed by atoms with Crippen LogP contribution in [-0.2, 0) is 19.1 Å². The van der Waals surface area contributed by atoms with Gasteiger partial charge in [0.25, 0.3) is 11.8 Å². The van der Waals surface area contributed by atoms with E-state index < -0.39 is 35.7 Å². The second kappa shape index (κ2) is 10.9. The summed E-state index contributed by atoms with van der Waals surface area (Å²) in [6, 6.07) is 13.0. The summed E-state index contributed by atoms with van der Waals surface area (Å²) in [6.07, 6.45) is -1.11. The molecule has 2 aromatic rings. The van der Waals surface area contributed by atoms with Crippen molar-refractivity contribution >= 4 is 23.5 Å². The minimum absolute atomic E-state index is 0.263. The molecule has 0 aliphatic heterocycles. The Bertz CT molecular complexity index is 856. The first-order chi connectivity index (χ1) is 14.3. The van der Waals surface area contributed by atoms with Gasteiger partial charge in [-0.1, -0.05) is 32.0 Å². The molecule has 2 N–H and O–H groups in total. The maximum Gasteiger partial charge on any atom is 0.329 e. The van der Waals surface area contributed by atoms with Crippen LogP contribution in [0.15, 0.2) is 54.6 Å². The van der Waals surface area contributed by atoms with E-state index in [0.29, 0.717) is 11.4 Å². The fourth-order valence-electron chi connectivity index (χ4n) is 2.46. The molecular weight excluding hydrogens is 391 g/mol. The average Bonchev–Trinajstić information content (AvgIpc) is 2.72. The molecule has 0 saturated heterocycles. The van der Waals surface area contributed by atoms with E-state index in [2.05, 4.69) is 10.6 Å². The van der Waals surface area contributed by atoms with Crippen LogP contribution in [0.4, 0.5) is 10.1 Å². The Balaban J connectivity index is 1.88. The number of hydrogen-bond donors (Lipinski definition) is 2. The first kappa shape index (κ1) is 22.9. The van der Waals surface area contributed by atoms with Gasteiger partial charge in [0.2, 0.25) is 0 Å². The fraction of sp³-hybridized carbons (Fsp3) is 0.318. The first-order valence-corrected chi connectivity index (χ1v) is 9.50. The van der Waals surface area contributed by atoms with E-state index in [1.807, 2.05) is 6.07 Å². The number of nitrogens with one attached hydrogen (secondary N) is 2. The minimum atomic E-state index is -1.11. The molecule has 2 aromatic carbocycles. The summed E-state index contributed by atoms with van der Waals surface area (Å²) in [5.41, 5.74) is 0.371. The predicted molar refractivity (Wildman–Crippen MR) is 109 cm³/mol. The third kappa shape index (κ3) is 7.20. The van der Waals surface area contributed by atoms with E-state index in [9.17, 15) is 18.8 Å². The van der Waals surface area contributed by atoms with Crippen molar-refractivity contribution in [3.63, 3.8) is 0 Å². The summed E-state index contributed by atoms with van der Waals surface area (Å²) in [5, 5.41) is 5.11. The van der Waals surface area contributed by atoms with Crippen LogP contribution in [0.1, 0.15) is 20.8 Å². The average molecular weight is 416 g/mol. The monoisotopic (exact) mass is 416 g/mol. The number of para-hydroxylation sites is 1. The molecule has 0 fully saturated rings. The summed E-state index contributed by atoms with van der Waals surface area (Å²) in [5.74, 6) is -1.97. The molecule has 0 aliphatic rings. The highest BCUT2D eigenvalue weighted by Crippen LogP contribution is 2.11. The smallest absolute Gasteiger partial charge is 0.329 e. The molecule has 0 radical (unpaired) electrons. The Morgan fingerprint density at radius 3 is 2.20 bits per heavy atom. The van der Waals surface area contributed by atoms with Crippen LogP contribution < -0.4 is 15.4 Å². The Morgan fingerprint density at radius 1 is 0.967 bits per heavy atom. The summed E-state index contributed by atoms with van der Waals surface area (Å²) in [4.78, 5) is 36.9. The third-order valence-corrected chi connectivity index (χ3v) is 4.12. The first-order valence-electron chi connectivity index (χ1n) is 9.50. The molecule has 30 heavy (non-hydrogen) atoms. The quantitative estimate of drug-likeness (QED) is 0.613. The van der Waals surface area contributed by atoms with Crippen molar-refractivity contribution in [2.45, 2.75) is 32.9 Å². The number of amides is 2. The summed E-state index contributed by atoms with van der Waals surface area (Å²) < 4.78 is 23.5. The zero-order valence-corrected chi connectivity index (χ0v) is 17.1. The fourth-order valence-corrected chi connectivity index (χ4v) is 2.46. The van der Waals surface area contributed by atoms with E-state index in [1.165, 1.54) is 31.2 Å². The van der Waals surface area contributed by atoms with Crippen molar-refractivity contribution in [2.24, 2.45) is 5.92 Å². The Morgan fingerprint density at radius 2 is 1.60 bits per heavy atom. The van der Waals surface area contributed by atoms with Crippen LogP contribution in [-0.4, -0.2) is 36.5 Å². The lowest BCUT2D eigenvalue weighted by atomic mass is 10.0. The van der Waals surface area contributed by atoms with Gasteiger partial charge in [-0.05, 0) is 49.2 Å². The Hall–Kier alpha value is -3.42. The molecule has 0 aliphatic carbocycles. The van der Waals surface area contributed by atoms with Gasteiger partial charge in [-0.3, -0.25) is 9.59 Å². The van der Waals surface area contributed by atoms with Gasteiger partial charge in [-0.15, -0.1) is 0 Å². The van der Waals surface area contributed by atoms with E-state index >= 15 is 0 Å². The molecule has 0 unspecified atom stereocenters. The van der Waals surface area contributed by atoms with Gasteiger partial charge < -0.3 is 20.1 Å². The number of ether oxygens (including phenoxy) is 2. The van der Waals surface area contributed by atoms with Gasteiger partial charge in [0.15, 0.2) is 12.7 Å². The topological polar surface area (TPSA) is 93.7 Å². The number of rotatable bonds is 9. The molecule has 2 amide bonds. The number of carbonyl (C=O) groups is 3. The van der Waals surface area contributed by atoms with Gasteiger partial charge in [0.1, 0.15) is 17.6 Å². The predicted octanol–water partition coefficient (Wildman–Crippen LogP) is 2.92. The van der Waals surface area contributed by atoms with E-state index in [1.54, 1.807) is 38.1 Å². The van der Waals surface area contributed by atoms with Gasteiger partial charge >= 0.3 is 5.97 Å². The number of benzene rings is 2. The van der Waals surface area contributed by atoms with Gasteiger partial charge in [-0.25, -0.2) is 9.18 Å². The van der Waals surface area contributed by atoms with E-state index in [0.717, 1.165) is 0 Å². The number of hydrogen-bond acceptors (Lipinski definition) is 5. The van der Waals surface area contributed by atoms with Crippen LogP contribution in [0.5, 0.6) is 5.75 Å². The molecule has 160 valence electrons. The standard InChI is InChI=1S/C22H25FN2O5/c1-14(2)20(25-19(26)13-29-18-7-5-4-6-8-18)22(28)30-15(3)21(27)24-17-11-9-16(23)10-12-17/h4-12,14-15,20H,13H2,1-3H3,(H,24,27)(H,25,26)/t15-,20-/m0/s1. The maximum absolute atomic E-state index is 12.9. The molecule has 2 atom stereocenters. The molecule has 0 aromatic heterocycles. The highest BCUT2D eigenvalue weighted by atomic mass is 19.1. The highest BCUT2D eigenvalue weighted by Gasteiger charge is 2.29. The lowest BCUT2D eigenvalue weighted by Crippen LogP contribution is -2.48. The van der Waals surface area contributed by atoms with Crippen molar-refractivity contribution in [3.8, 4) is 5.75 Å². The minimum Gasteiger partial charge on any atom is -0.484 e. The largest absolute Gasteiger partial charge is 0.484 e. The van der Waals surface area contributed by atoms with Gasteiger partial charge in [0, 0.05) is 5.69 Å². The highest BCUT2D eigenvalue weighted by molar-refractivity contribution is 5.95. The molecule has 0 spiro atoms. The number of anilines is 1. The molecule has 2 rings (SSSR count). The lowest BCUT2D eigenvalue weighted by molar-refractivity contribution is -0.157. The van der Waals surface area contributed by atoms with Crippen LogP contribution in [0.2, 0.25) is 0 Å².